The highest BCUT2D eigenvalue weighted by atomic mass is 16.2. The number of hydrogen-bond donors (Lipinski definition) is 2. The van der Waals surface area contributed by atoms with Crippen molar-refractivity contribution in [2.75, 3.05) is 27.2 Å². The maximum Gasteiger partial charge on any atom is 0.236 e. The van der Waals surface area contributed by atoms with Crippen LogP contribution >= 0.6 is 0 Å². The number of carbonyl (C=O) groups is 1. The summed E-state index contributed by atoms with van der Waals surface area (Å²) >= 11 is 0. The minimum atomic E-state index is -0.0982. The molecule has 4 nitrogen and oxygen atoms in total. The number of hydrogen-bond acceptors (Lipinski definition) is 3. The molecule has 100 valence electrons. The molecule has 1 aliphatic carbocycles. The molecule has 1 amide bonds. The summed E-state index contributed by atoms with van der Waals surface area (Å²) in [7, 11) is 4.26. The zero-order valence-corrected chi connectivity index (χ0v) is 11.7. The third-order valence-electron chi connectivity index (χ3n) is 3.91. The van der Waals surface area contributed by atoms with Gasteiger partial charge in [-0.1, -0.05) is 6.92 Å². The molecule has 17 heavy (non-hydrogen) atoms. The molecule has 0 bridgehead atoms. The fraction of sp³-hybridized carbons (Fsp3) is 0.923. The summed E-state index contributed by atoms with van der Waals surface area (Å²) in [5, 5.41) is 6.28. The smallest absolute Gasteiger partial charge is 0.236 e. The molecule has 0 aliphatic heterocycles. The minimum Gasteiger partial charge on any atom is -0.355 e. The summed E-state index contributed by atoms with van der Waals surface area (Å²) in [5.41, 5.74) is 0.277. The second-order valence-corrected chi connectivity index (χ2v) is 5.37. The van der Waals surface area contributed by atoms with E-state index in [0.717, 1.165) is 19.5 Å². The second-order valence-electron chi connectivity index (χ2n) is 5.37. The van der Waals surface area contributed by atoms with Crippen molar-refractivity contribution in [2.45, 2.75) is 51.1 Å². The zero-order chi connectivity index (χ0) is 12.9. The van der Waals surface area contributed by atoms with Gasteiger partial charge in [0.25, 0.3) is 0 Å². The van der Waals surface area contributed by atoms with Crippen LogP contribution in [0, 0.1) is 0 Å². The van der Waals surface area contributed by atoms with Crippen molar-refractivity contribution >= 4 is 5.91 Å². The van der Waals surface area contributed by atoms with Gasteiger partial charge in [-0.05, 0) is 46.7 Å². The number of nitrogens with zero attached hydrogens (tertiary/aromatic N) is 1. The predicted octanol–water partition coefficient (Wildman–Crippen LogP) is 0.975. The lowest BCUT2D eigenvalue weighted by Gasteiger charge is -2.48. The van der Waals surface area contributed by atoms with E-state index in [2.05, 4.69) is 36.6 Å². The SMILES string of the molecule is CCCNC(=O)C(C)NCC1(N(C)C)CCC1. The number of carbonyl (C=O) groups excluding carboxylic acids is 1. The van der Waals surface area contributed by atoms with Crippen LogP contribution in [0.15, 0.2) is 0 Å². The van der Waals surface area contributed by atoms with Crippen LogP contribution in [0.5, 0.6) is 0 Å². The molecular formula is C13H27N3O. The molecular weight excluding hydrogens is 214 g/mol. The summed E-state index contributed by atoms with van der Waals surface area (Å²) in [6.45, 7) is 5.67. The molecule has 1 aliphatic rings. The van der Waals surface area contributed by atoms with E-state index >= 15 is 0 Å². The highest BCUT2D eigenvalue weighted by molar-refractivity contribution is 5.81. The summed E-state index contributed by atoms with van der Waals surface area (Å²) in [5.74, 6) is 0.111. The van der Waals surface area contributed by atoms with Crippen LogP contribution in [-0.4, -0.2) is 49.6 Å². The standard InChI is InChI=1S/C13H27N3O/c1-5-9-14-12(17)11(2)15-10-13(16(3)4)7-6-8-13/h11,15H,5-10H2,1-4H3,(H,14,17). The average molecular weight is 241 g/mol. The van der Waals surface area contributed by atoms with Gasteiger partial charge in [0, 0.05) is 18.6 Å². The molecule has 1 rings (SSSR count). The first-order chi connectivity index (χ1) is 8.02. The van der Waals surface area contributed by atoms with Gasteiger partial charge in [0.05, 0.1) is 6.04 Å². The molecule has 1 saturated carbocycles. The molecule has 1 fully saturated rings. The maximum absolute atomic E-state index is 11.7. The van der Waals surface area contributed by atoms with Crippen molar-refractivity contribution in [1.29, 1.82) is 0 Å². The van der Waals surface area contributed by atoms with Crippen molar-refractivity contribution in [3.8, 4) is 0 Å². The Labute approximate surface area is 105 Å². The lowest BCUT2D eigenvalue weighted by molar-refractivity contribution is -0.123. The van der Waals surface area contributed by atoms with Gasteiger partial charge < -0.3 is 15.5 Å². The van der Waals surface area contributed by atoms with Crippen LogP contribution < -0.4 is 10.6 Å². The fourth-order valence-corrected chi connectivity index (χ4v) is 2.20. The van der Waals surface area contributed by atoms with Crippen LogP contribution in [0.2, 0.25) is 0 Å². The van der Waals surface area contributed by atoms with Crippen molar-refractivity contribution in [1.82, 2.24) is 15.5 Å². The molecule has 0 aromatic rings. The number of likely N-dealkylation sites (N-methyl/N-ethyl adjacent to an activating group) is 1. The van der Waals surface area contributed by atoms with Gasteiger partial charge in [0.1, 0.15) is 0 Å². The number of nitrogens with one attached hydrogen (secondary N) is 2. The molecule has 0 spiro atoms. The summed E-state index contributed by atoms with van der Waals surface area (Å²) < 4.78 is 0. The normalized spacial score (nSPS) is 19.8. The Balaban J connectivity index is 2.31. The quantitative estimate of drug-likeness (QED) is 0.698. The van der Waals surface area contributed by atoms with E-state index in [1.807, 2.05) is 6.92 Å². The van der Waals surface area contributed by atoms with Gasteiger partial charge in [0.2, 0.25) is 5.91 Å². The van der Waals surface area contributed by atoms with Crippen molar-refractivity contribution in [2.24, 2.45) is 0 Å². The first kappa shape index (κ1) is 14.5. The molecule has 0 heterocycles. The third-order valence-corrected chi connectivity index (χ3v) is 3.91. The Morgan fingerprint density at radius 1 is 1.41 bits per heavy atom. The van der Waals surface area contributed by atoms with Crippen LogP contribution in [-0.2, 0) is 4.79 Å². The Morgan fingerprint density at radius 3 is 2.47 bits per heavy atom. The summed E-state index contributed by atoms with van der Waals surface area (Å²) in [6, 6.07) is -0.0982. The summed E-state index contributed by atoms with van der Waals surface area (Å²) in [6.07, 6.45) is 4.75. The highest BCUT2D eigenvalue weighted by Gasteiger charge is 2.39. The molecule has 1 unspecified atom stereocenters. The van der Waals surface area contributed by atoms with E-state index in [-0.39, 0.29) is 17.5 Å². The lowest BCUT2D eigenvalue weighted by atomic mass is 9.75. The van der Waals surface area contributed by atoms with Gasteiger partial charge in [0.15, 0.2) is 0 Å². The Bertz CT molecular complexity index is 249. The third kappa shape index (κ3) is 3.68. The molecule has 0 aromatic carbocycles. The monoisotopic (exact) mass is 241 g/mol. The van der Waals surface area contributed by atoms with Gasteiger partial charge in [-0.15, -0.1) is 0 Å². The Hall–Kier alpha value is -0.610. The van der Waals surface area contributed by atoms with E-state index in [0.29, 0.717) is 0 Å². The van der Waals surface area contributed by atoms with E-state index in [9.17, 15) is 4.79 Å². The van der Waals surface area contributed by atoms with Crippen molar-refractivity contribution in [3.05, 3.63) is 0 Å². The molecule has 0 saturated heterocycles. The topological polar surface area (TPSA) is 44.4 Å². The average Bonchev–Trinajstić information content (AvgIpc) is 2.23. The van der Waals surface area contributed by atoms with E-state index < -0.39 is 0 Å². The van der Waals surface area contributed by atoms with Gasteiger partial charge >= 0.3 is 0 Å². The zero-order valence-electron chi connectivity index (χ0n) is 11.7. The van der Waals surface area contributed by atoms with Gasteiger partial charge in [-0.25, -0.2) is 0 Å². The van der Waals surface area contributed by atoms with Crippen LogP contribution in [0.25, 0.3) is 0 Å². The van der Waals surface area contributed by atoms with Gasteiger partial charge in [-0.3, -0.25) is 4.79 Å². The van der Waals surface area contributed by atoms with E-state index in [1.54, 1.807) is 0 Å². The van der Waals surface area contributed by atoms with Gasteiger partial charge in [-0.2, -0.15) is 0 Å². The van der Waals surface area contributed by atoms with E-state index in [4.69, 9.17) is 0 Å². The molecule has 2 N–H and O–H groups in total. The minimum absolute atomic E-state index is 0.0982. The highest BCUT2D eigenvalue weighted by Crippen LogP contribution is 2.35. The Kier molecular flexibility index (Phi) is 5.40. The van der Waals surface area contributed by atoms with Crippen LogP contribution in [0.4, 0.5) is 0 Å². The van der Waals surface area contributed by atoms with Crippen molar-refractivity contribution in [3.63, 3.8) is 0 Å². The predicted molar refractivity (Wildman–Crippen MR) is 71.0 cm³/mol. The maximum atomic E-state index is 11.7. The van der Waals surface area contributed by atoms with Crippen LogP contribution in [0.3, 0.4) is 0 Å². The Morgan fingerprint density at radius 2 is 2.06 bits per heavy atom. The molecule has 0 radical (unpaired) electrons. The number of rotatable bonds is 7. The number of amides is 1. The first-order valence-corrected chi connectivity index (χ1v) is 6.70. The van der Waals surface area contributed by atoms with Crippen molar-refractivity contribution < 1.29 is 4.79 Å². The van der Waals surface area contributed by atoms with E-state index in [1.165, 1.54) is 19.3 Å². The molecule has 4 heteroatoms. The summed E-state index contributed by atoms with van der Waals surface area (Å²) in [4.78, 5) is 14.0. The van der Waals surface area contributed by atoms with Crippen LogP contribution in [0.1, 0.15) is 39.5 Å². The lowest BCUT2D eigenvalue weighted by Crippen LogP contribution is -2.58. The largest absolute Gasteiger partial charge is 0.355 e. The molecule has 1 atom stereocenters. The fourth-order valence-electron chi connectivity index (χ4n) is 2.20. The first-order valence-electron chi connectivity index (χ1n) is 6.70. The molecule has 0 aromatic heterocycles. The second kappa shape index (κ2) is 6.36.